The Hall–Kier alpha value is -2.10. The molecule has 0 aliphatic heterocycles. The molecule has 0 fully saturated rings. The highest BCUT2D eigenvalue weighted by Crippen LogP contribution is 2.19. The summed E-state index contributed by atoms with van der Waals surface area (Å²) in [6, 6.07) is 4.07. The summed E-state index contributed by atoms with van der Waals surface area (Å²) in [5.41, 5.74) is 2.97. The van der Waals surface area contributed by atoms with Gasteiger partial charge in [-0.05, 0) is 19.1 Å². The molecule has 3 heterocycles. The van der Waals surface area contributed by atoms with Crippen molar-refractivity contribution in [1.82, 2.24) is 19.9 Å². The number of hydrogen-bond donors (Lipinski definition) is 2. The summed E-state index contributed by atoms with van der Waals surface area (Å²) >= 11 is 0. The van der Waals surface area contributed by atoms with Crippen LogP contribution in [-0.2, 0) is 0 Å². The Morgan fingerprint density at radius 2 is 2.13 bits per heavy atom. The minimum Gasteiger partial charge on any atom is -0.346 e. The number of nitrogens with zero attached hydrogens (tertiary/aromatic N) is 2. The highest BCUT2D eigenvalue weighted by molar-refractivity contribution is 5.79. The number of H-pyrrole nitrogens is 2. The summed E-state index contributed by atoms with van der Waals surface area (Å²) in [6.45, 7) is 1.98. The van der Waals surface area contributed by atoms with Crippen molar-refractivity contribution in [2.75, 3.05) is 0 Å². The van der Waals surface area contributed by atoms with E-state index in [0.717, 1.165) is 28.1 Å². The van der Waals surface area contributed by atoms with Crippen molar-refractivity contribution >= 4 is 11.0 Å². The number of aryl methyl sites for hydroxylation is 1. The summed E-state index contributed by atoms with van der Waals surface area (Å²) in [6.07, 6.45) is 5.52. The first-order valence-corrected chi connectivity index (χ1v) is 4.78. The second-order valence-electron chi connectivity index (χ2n) is 3.55. The molecular weight excluding hydrogens is 188 g/mol. The van der Waals surface area contributed by atoms with Gasteiger partial charge in [-0.3, -0.25) is 0 Å². The SMILES string of the molecule is Cc1cnc(-c2cnc3[nH]ccc3c2)[nH]1. The molecule has 15 heavy (non-hydrogen) atoms. The highest BCUT2D eigenvalue weighted by atomic mass is 14.9. The minimum absolute atomic E-state index is 0.864. The lowest BCUT2D eigenvalue weighted by Crippen LogP contribution is -1.83. The van der Waals surface area contributed by atoms with Gasteiger partial charge in [-0.25, -0.2) is 9.97 Å². The summed E-state index contributed by atoms with van der Waals surface area (Å²) in [5, 5.41) is 1.10. The number of imidazole rings is 1. The van der Waals surface area contributed by atoms with Crippen LogP contribution in [0.4, 0.5) is 0 Å². The number of pyridine rings is 1. The Kier molecular flexibility index (Phi) is 1.62. The van der Waals surface area contributed by atoms with Gasteiger partial charge in [-0.15, -0.1) is 0 Å². The van der Waals surface area contributed by atoms with E-state index in [2.05, 4.69) is 26.0 Å². The molecule has 0 aliphatic rings. The Bertz CT molecular complexity index is 606. The molecule has 3 aromatic rings. The van der Waals surface area contributed by atoms with E-state index < -0.39 is 0 Å². The molecule has 0 radical (unpaired) electrons. The van der Waals surface area contributed by atoms with E-state index in [9.17, 15) is 0 Å². The van der Waals surface area contributed by atoms with Gasteiger partial charge < -0.3 is 9.97 Å². The molecule has 0 atom stereocenters. The molecule has 0 amide bonds. The van der Waals surface area contributed by atoms with Crippen LogP contribution < -0.4 is 0 Å². The third kappa shape index (κ3) is 1.30. The Morgan fingerprint density at radius 1 is 1.20 bits per heavy atom. The van der Waals surface area contributed by atoms with E-state index in [1.54, 1.807) is 0 Å². The maximum Gasteiger partial charge on any atom is 0.139 e. The molecule has 0 aliphatic carbocycles. The molecule has 0 spiro atoms. The van der Waals surface area contributed by atoms with Crippen LogP contribution in [0.1, 0.15) is 5.69 Å². The van der Waals surface area contributed by atoms with Crippen molar-refractivity contribution in [2.45, 2.75) is 6.92 Å². The zero-order valence-electron chi connectivity index (χ0n) is 8.28. The standard InChI is InChI=1S/C11H10N4/c1-7-5-13-11(15-7)9-4-8-2-3-12-10(8)14-6-9/h2-6H,1H3,(H,12,14)(H,13,15). The first-order chi connectivity index (χ1) is 7.33. The van der Waals surface area contributed by atoms with E-state index in [1.807, 2.05) is 31.6 Å². The molecule has 4 heteroatoms. The first kappa shape index (κ1) is 8.23. The normalized spacial score (nSPS) is 11.0. The van der Waals surface area contributed by atoms with Gasteiger partial charge in [0, 0.05) is 35.2 Å². The Labute approximate surface area is 86.4 Å². The fraction of sp³-hybridized carbons (Fsp3) is 0.0909. The van der Waals surface area contributed by atoms with Crippen LogP contribution in [0, 0.1) is 6.92 Å². The summed E-state index contributed by atoms with van der Waals surface area (Å²) in [4.78, 5) is 14.8. The van der Waals surface area contributed by atoms with Crippen LogP contribution in [0.3, 0.4) is 0 Å². The number of aromatic nitrogens is 4. The predicted octanol–water partition coefficient (Wildman–Crippen LogP) is 2.26. The van der Waals surface area contributed by atoms with Crippen molar-refractivity contribution in [1.29, 1.82) is 0 Å². The van der Waals surface area contributed by atoms with E-state index in [-0.39, 0.29) is 0 Å². The molecule has 3 aromatic heterocycles. The smallest absolute Gasteiger partial charge is 0.139 e. The third-order valence-electron chi connectivity index (χ3n) is 2.38. The van der Waals surface area contributed by atoms with Gasteiger partial charge in [0.1, 0.15) is 11.5 Å². The number of fused-ring (bicyclic) bond motifs is 1. The average Bonchev–Trinajstić information content (AvgIpc) is 2.84. The van der Waals surface area contributed by atoms with Crippen molar-refractivity contribution < 1.29 is 0 Å². The molecule has 0 aromatic carbocycles. The van der Waals surface area contributed by atoms with Crippen LogP contribution >= 0.6 is 0 Å². The van der Waals surface area contributed by atoms with Crippen LogP contribution in [-0.4, -0.2) is 19.9 Å². The first-order valence-electron chi connectivity index (χ1n) is 4.78. The summed E-state index contributed by atoms with van der Waals surface area (Å²) < 4.78 is 0. The van der Waals surface area contributed by atoms with E-state index >= 15 is 0 Å². The van der Waals surface area contributed by atoms with Gasteiger partial charge in [0.25, 0.3) is 0 Å². The van der Waals surface area contributed by atoms with Crippen LogP contribution in [0.2, 0.25) is 0 Å². The van der Waals surface area contributed by atoms with E-state index in [4.69, 9.17) is 0 Å². The fourth-order valence-corrected chi connectivity index (χ4v) is 1.63. The second-order valence-corrected chi connectivity index (χ2v) is 3.55. The quantitative estimate of drug-likeness (QED) is 0.630. The number of nitrogens with one attached hydrogen (secondary N) is 2. The number of hydrogen-bond acceptors (Lipinski definition) is 2. The van der Waals surface area contributed by atoms with Gasteiger partial charge in [0.05, 0.1) is 0 Å². The fourth-order valence-electron chi connectivity index (χ4n) is 1.63. The van der Waals surface area contributed by atoms with Crippen molar-refractivity contribution in [2.24, 2.45) is 0 Å². The molecule has 4 nitrogen and oxygen atoms in total. The highest BCUT2D eigenvalue weighted by Gasteiger charge is 2.03. The molecule has 0 saturated heterocycles. The Morgan fingerprint density at radius 3 is 2.93 bits per heavy atom. The third-order valence-corrected chi connectivity index (χ3v) is 2.38. The molecular formula is C11H10N4. The van der Waals surface area contributed by atoms with Crippen molar-refractivity contribution in [3.05, 3.63) is 36.4 Å². The van der Waals surface area contributed by atoms with Crippen LogP contribution in [0.15, 0.2) is 30.7 Å². The topological polar surface area (TPSA) is 57.4 Å². The van der Waals surface area contributed by atoms with Gasteiger partial charge in [-0.1, -0.05) is 0 Å². The van der Waals surface area contributed by atoms with E-state index in [1.165, 1.54) is 0 Å². The van der Waals surface area contributed by atoms with Crippen molar-refractivity contribution in [3.8, 4) is 11.4 Å². The van der Waals surface area contributed by atoms with Gasteiger partial charge >= 0.3 is 0 Å². The van der Waals surface area contributed by atoms with Crippen LogP contribution in [0.5, 0.6) is 0 Å². The molecule has 3 rings (SSSR count). The summed E-state index contributed by atoms with van der Waals surface area (Å²) in [7, 11) is 0. The zero-order chi connectivity index (χ0) is 10.3. The zero-order valence-corrected chi connectivity index (χ0v) is 8.28. The largest absolute Gasteiger partial charge is 0.346 e. The lowest BCUT2D eigenvalue weighted by molar-refractivity contribution is 1.24. The van der Waals surface area contributed by atoms with Gasteiger partial charge in [0.2, 0.25) is 0 Å². The predicted molar refractivity (Wildman–Crippen MR) is 58.4 cm³/mol. The maximum atomic E-state index is 4.31. The van der Waals surface area contributed by atoms with Crippen LogP contribution in [0.25, 0.3) is 22.4 Å². The molecule has 2 N–H and O–H groups in total. The number of rotatable bonds is 1. The second kappa shape index (κ2) is 2.95. The summed E-state index contributed by atoms with van der Waals surface area (Å²) in [5.74, 6) is 0.864. The minimum atomic E-state index is 0.864. The van der Waals surface area contributed by atoms with Crippen molar-refractivity contribution in [3.63, 3.8) is 0 Å². The molecule has 0 bridgehead atoms. The maximum absolute atomic E-state index is 4.31. The molecule has 0 saturated carbocycles. The van der Waals surface area contributed by atoms with Gasteiger partial charge in [-0.2, -0.15) is 0 Å². The lowest BCUT2D eigenvalue weighted by Gasteiger charge is -1.96. The average molecular weight is 198 g/mol. The number of aromatic amines is 2. The molecule has 0 unspecified atom stereocenters. The van der Waals surface area contributed by atoms with Gasteiger partial charge in [0.15, 0.2) is 0 Å². The Balaban J connectivity index is 2.18. The molecule has 74 valence electrons. The van der Waals surface area contributed by atoms with E-state index in [0.29, 0.717) is 0 Å². The monoisotopic (exact) mass is 198 g/mol. The lowest BCUT2D eigenvalue weighted by atomic mass is 10.2.